The van der Waals surface area contributed by atoms with Crippen molar-refractivity contribution in [1.82, 2.24) is 19.6 Å². The van der Waals surface area contributed by atoms with Crippen LogP contribution in [0.25, 0.3) is 0 Å². The number of amides is 1. The molecule has 0 aliphatic carbocycles. The molecule has 13 heteroatoms. The summed E-state index contributed by atoms with van der Waals surface area (Å²) < 4.78 is 63.2. The minimum Gasteiger partial charge on any atom is -0.465 e. The number of piperazine rings is 1. The Morgan fingerprint density at radius 3 is 2.27 bits per heavy atom. The summed E-state index contributed by atoms with van der Waals surface area (Å²) in [6.07, 6.45) is -4.19. The number of rotatable bonds is 6. The lowest BCUT2D eigenvalue weighted by Crippen LogP contribution is -2.50. The number of nitrogens with one attached hydrogen (secondary N) is 1. The Kier molecular flexibility index (Phi) is 6.23. The van der Waals surface area contributed by atoms with E-state index in [9.17, 15) is 26.4 Å². The van der Waals surface area contributed by atoms with Crippen LogP contribution in [0.3, 0.4) is 0 Å². The molecule has 1 amide bonds. The van der Waals surface area contributed by atoms with Crippen molar-refractivity contribution in [3.8, 4) is 0 Å². The Hall–Kier alpha value is -2.15. The number of halogens is 3. The lowest BCUT2D eigenvalue weighted by atomic mass is 10.3. The van der Waals surface area contributed by atoms with Crippen LogP contribution in [0.4, 0.5) is 23.9 Å². The maximum atomic E-state index is 12.5. The normalized spacial score (nSPS) is 16.5. The summed E-state index contributed by atoms with van der Waals surface area (Å²) in [5.74, 6) is -0.0787. The van der Waals surface area contributed by atoms with Crippen LogP contribution in [0.2, 0.25) is 0 Å². The third kappa shape index (κ3) is 5.42. The van der Waals surface area contributed by atoms with Crippen LogP contribution in [-0.2, 0) is 16.2 Å². The largest absolute Gasteiger partial charge is 0.465 e. The number of nitrogens with zero attached hydrogens (tertiary/aromatic N) is 4. The highest BCUT2D eigenvalue weighted by Gasteiger charge is 2.32. The average molecular weight is 397 g/mol. The number of aromatic nitrogens is 2. The lowest BCUT2D eigenvalue weighted by Gasteiger charge is -2.34. The fourth-order valence-corrected chi connectivity index (χ4v) is 3.86. The number of hydrogen-bond donors (Lipinski definition) is 2. The molecule has 1 saturated heterocycles. The van der Waals surface area contributed by atoms with Gasteiger partial charge in [-0.15, -0.1) is 0 Å². The maximum absolute atomic E-state index is 12.5. The third-order valence-electron chi connectivity index (χ3n) is 3.74. The van der Waals surface area contributed by atoms with Crippen LogP contribution in [0.15, 0.2) is 12.4 Å². The topological polar surface area (TPSA) is 116 Å². The van der Waals surface area contributed by atoms with Gasteiger partial charge in [0, 0.05) is 45.1 Å². The highest BCUT2D eigenvalue weighted by molar-refractivity contribution is 7.89. The van der Waals surface area contributed by atoms with E-state index in [0.29, 0.717) is 12.4 Å². The molecule has 146 valence electrons. The monoisotopic (exact) mass is 397 g/mol. The number of anilines is 1. The van der Waals surface area contributed by atoms with Crippen molar-refractivity contribution in [3.05, 3.63) is 18.0 Å². The molecule has 0 radical (unpaired) electrons. The van der Waals surface area contributed by atoms with Gasteiger partial charge in [-0.1, -0.05) is 0 Å². The zero-order valence-corrected chi connectivity index (χ0v) is 14.4. The first kappa shape index (κ1) is 20.2. The van der Waals surface area contributed by atoms with E-state index < -0.39 is 27.9 Å². The number of carboxylic acid groups (broad SMARTS) is 1. The molecule has 0 saturated carbocycles. The Bertz CT molecular complexity index is 718. The smallest absolute Gasteiger partial charge is 0.419 e. The number of sulfonamides is 1. The summed E-state index contributed by atoms with van der Waals surface area (Å²) in [7, 11) is -3.53. The highest BCUT2D eigenvalue weighted by atomic mass is 32.2. The molecular formula is C13H18F3N5O4S. The maximum Gasteiger partial charge on any atom is 0.419 e. The van der Waals surface area contributed by atoms with Crippen molar-refractivity contribution in [3.63, 3.8) is 0 Å². The number of carbonyl (C=O) groups is 1. The first-order valence-electron chi connectivity index (χ1n) is 7.68. The van der Waals surface area contributed by atoms with E-state index in [1.807, 2.05) is 0 Å². The van der Waals surface area contributed by atoms with E-state index in [1.165, 1.54) is 4.31 Å². The second kappa shape index (κ2) is 8.03. The number of hydrogen-bond acceptors (Lipinski definition) is 6. The second-order valence-corrected chi connectivity index (χ2v) is 7.65. The molecule has 0 atom stereocenters. The summed E-state index contributed by atoms with van der Waals surface area (Å²) >= 11 is 0. The predicted molar refractivity (Wildman–Crippen MR) is 85.3 cm³/mol. The molecule has 2 rings (SSSR count). The van der Waals surface area contributed by atoms with Gasteiger partial charge in [-0.2, -0.15) is 17.5 Å². The molecule has 9 nitrogen and oxygen atoms in total. The molecule has 0 spiro atoms. The van der Waals surface area contributed by atoms with Gasteiger partial charge < -0.3 is 15.3 Å². The predicted octanol–water partition coefficient (Wildman–Crippen LogP) is 0.605. The van der Waals surface area contributed by atoms with Crippen LogP contribution in [0, 0.1) is 0 Å². The van der Waals surface area contributed by atoms with Gasteiger partial charge in [0.1, 0.15) is 0 Å². The summed E-state index contributed by atoms with van der Waals surface area (Å²) in [6, 6.07) is 0. The standard InChI is InChI=1S/C13H18F3N5O4S/c14-13(15,16)10-8-18-11(19-9-10)20-3-5-21(6-4-20)26(24,25)7-1-2-17-12(22)23/h8-9,17H,1-7H2,(H,22,23). The second-order valence-electron chi connectivity index (χ2n) is 5.56. The first-order chi connectivity index (χ1) is 12.1. The SMILES string of the molecule is O=C(O)NCCCS(=O)(=O)N1CCN(c2ncc(C(F)(F)F)cn2)CC1. The molecular weight excluding hydrogens is 379 g/mol. The molecule has 1 aliphatic heterocycles. The third-order valence-corrected chi connectivity index (χ3v) is 5.69. The van der Waals surface area contributed by atoms with Gasteiger partial charge in [0.2, 0.25) is 16.0 Å². The van der Waals surface area contributed by atoms with Crippen LogP contribution in [0.5, 0.6) is 0 Å². The quantitative estimate of drug-likeness (QED) is 0.676. The van der Waals surface area contributed by atoms with Crippen molar-refractivity contribution in [2.24, 2.45) is 0 Å². The molecule has 1 fully saturated rings. The van der Waals surface area contributed by atoms with Gasteiger partial charge in [0.15, 0.2) is 0 Å². The van der Waals surface area contributed by atoms with E-state index in [2.05, 4.69) is 15.3 Å². The summed E-state index contributed by atoms with van der Waals surface area (Å²) in [4.78, 5) is 19.3. The zero-order valence-electron chi connectivity index (χ0n) is 13.6. The molecule has 0 aromatic carbocycles. The molecule has 1 aliphatic rings. The first-order valence-corrected chi connectivity index (χ1v) is 9.29. The van der Waals surface area contributed by atoms with Gasteiger partial charge in [-0.3, -0.25) is 0 Å². The van der Waals surface area contributed by atoms with E-state index in [0.717, 1.165) is 0 Å². The van der Waals surface area contributed by atoms with Crippen molar-refractivity contribution in [1.29, 1.82) is 0 Å². The van der Waals surface area contributed by atoms with Crippen molar-refractivity contribution in [2.75, 3.05) is 43.4 Å². The van der Waals surface area contributed by atoms with Gasteiger partial charge in [-0.25, -0.2) is 23.2 Å². The van der Waals surface area contributed by atoms with Crippen LogP contribution in [-0.4, -0.2) is 72.4 Å². The van der Waals surface area contributed by atoms with Crippen molar-refractivity contribution >= 4 is 22.1 Å². The Balaban J connectivity index is 1.87. The highest BCUT2D eigenvalue weighted by Crippen LogP contribution is 2.28. The Labute approximate surface area is 147 Å². The molecule has 26 heavy (non-hydrogen) atoms. The van der Waals surface area contributed by atoms with Gasteiger partial charge in [0.25, 0.3) is 0 Å². The van der Waals surface area contributed by atoms with E-state index in [1.54, 1.807) is 4.90 Å². The molecule has 0 unspecified atom stereocenters. The van der Waals surface area contributed by atoms with E-state index >= 15 is 0 Å². The Morgan fingerprint density at radius 1 is 1.19 bits per heavy atom. The lowest BCUT2D eigenvalue weighted by molar-refractivity contribution is -0.138. The summed E-state index contributed by atoms with van der Waals surface area (Å²) in [6.45, 7) is 0.835. The number of alkyl halides is 3. The average Bonchev–Trinajstić information content (AvgIpc) is 2.58. The molecule has 2 heterocycles. The summed E-state index contributed by atoms with van der Waals surface area (Å²) in [5, 5.41) is 10.5. The molecule has 1 aromatic rings. The molecule has 1 aromatic heterocycles. The molecule has 2 N–H and O–H groups in total. The molecule has 0 bridgehead atoms. The minimum atomic E-state index is -4.51. The van der Waals surface area contributed by atoms with E-state index in [4.69, 9.17) is 5.11 Å². The zero-order chi connectivity index (χ0) is 19.4. The fourth-order valence-electron chi connectivity index (χ4n) is 2.38. The van der Waals surface area contributed by atoms with E-state index in [-0.39, 0.29) is 50.8 Å². The summed E-state index contributed by atoms with van der Waals surface area (Å²) in [5.41, 5.74) is -0.947. The minimum absolute atomic E-state index is 0.0356. The Morgan fingerprint density at radius 2 is 1.77 bits per heavy atom. The van der Waals surface area contributed by atoms with Crippen LogP contribution < -0.4 is 10.2 Å². The van der Waals surface area contributed by atoms with Crippen LogP contribution >= 0.6 is 0 Å². The van der Waals surface area contributed by atoms with Gasteiger partial charge >= 0.3 is 12.3 Å². The van der Waals surface area contributed by atoms with Crippen molar-refractivity contribution in [2.45, 2.75) is 12.6 Å². The van der Waals surface area contributed by atoms with Crippen molar-refractivity contribution < 1.29 is 31.5 Å². The van der Waals surface area contributed by atoms with Gasteiger partial charge in [-0.05, 0) is 6.42 Å². The fraction of sp³-hybridized carbons (Fsp3) is 0.615. The van der Waals surface area contributed by atoms with Crippen LogP contribution in [0.1, 0.15) is 12.0 Å². The van der Waals surface area contributed by atoms with Gasteiger partial charge in [0.05, 0.1) is 11.3 Å².